The van der Waals surface area contributed by atoms with E-state index < -0.39 is 11.2 Å². The van der Waals surface area contributed by atoms with Gasteiger partial charge >= 0.3 is 5.69 Å². The van der Waals surface area contributed by atoms with E-state index in [1.165, 1.54) is 4.57 Å². The Bertz CT molecular complexity index is 1350. The number of fused-ring (bicyclic) bond motifs is 1. The maximum atomic E-state index is 13.6. The van der Waals surface area contributed by atoms with Crippen molar-refractivity contribution < 1.29 is 9.53 Å². The third kappa shape index (κ3) is 4.11. The molecule has 0 fully saturated rings. The Morgan fingerprint density at radius 3 is 2.42 bits per heavy atom. The van der Waals surface area contributed by atoms with E-state index >= 15 is 0 Å². The number of nitrogens with zero attached hydrogens (tertiary/aromatic N) is 1. The zero-order valence-electron chi connectivity index (χ0n) is 17.1. The van der Waals surface area contributed by atoms with Gasteiger partial charge in [0.2, 0.25) is 5.78 Å². The smallest absolute Gasteiger partial charge is 0.330 e. The Morgan fingerprint density at radius 2 is 1.65 bits per heavy atom. The number of H-pyrrole nitrogens is 1. The summed E-state index contributed by atoms with van der Waals surface area (Å²) in [5.41, 5.74) is 0.503. The summed E-state index contributed by atoms with van der Waals surface area (Å²) in [6.45, 7) is 1.91. The van der Waals surface area contributed by atoms with Crippen LogP contribution in [0.4, 0.5) is 0 Å². The molecule has 0 saturated carbocycles. The Hall–Kier alpha value is -3.77. The van der Waals surface area contributed by atoms with Crippen molar-refractivity contribution in [2.45, 2.75) is 26.7 Å². The molecule has 4 rings (SSSR count). The highest BCUT2D eigenvalue weighted by molar-refractivity contribution is 6.16. The van der Waals surface area contributed by atoms with E-state index in [0.717, 1.165) is 16.3 Å². The van der Waals surface area contributed by atoms with E-state index in [-0.39, 0.29) is 30.4 Å². The summed E-state index contributed by atoms with van der Waals surface area (Å²) in [7, 11) is 0. The number of aromatic amines is 1. The Morgan fingerprint density at radius 1 is 0.935 bits per heavy atom. The molecular weight excluding hydrogens is 392 g/mol. The third-order valence-corrected chi connectivity index (χ3v) is 5.23. The molecule has 0 aliphatic heterocycles. The van der Waals surface area contributed by atoms with Crippen LogP contribution < -0.4 is 11.2 Å². The Labute approximate surface area is 178 Å². The molecule has 0 unspecified atom stereocenters. The molecule has 0 atom stereocenters. The molecule has 1 heterocycles. The van der Waals surface area contributed by atoms with Crippen LogP contribution >= 0.6 is 0 Å². The first kappa shape index (κ1) is 20.5. The summed E-state index contributed by atoms with van der Waals surface area (Å²) in [6, 6.07) is 22.5. The number of ether oxygens (including phenoxy) is 1. The topological polar surface area (TPSA) is 81.2 Å². The first-order valence-corrected chi connectivity index (χ1v) is 10.1. The zero-order valence-corrected chi connectivity index (χ0v) is 17.1. The van der Waals surface area contributed by atoms with Gasteiger partial charge in [0.25, 0.3) is 5.56 Å². The number of benzene rings is 3. The number of rotatable bonds is 7. The predicted molar refractivity (Wildman–Crippen MR) is 119 cm³/mol. The van der Waals surface area contributed by atoms with Crippen LogP contribution in [-0.2, 0) is 24.5 Å². The Balaban J connectivity index is 1.79. The molecule has 0 radical (unpaired) electrons. The number of hydrogen-bond donors (Lipinski definition) is 1. The highest BCUT2D eigenvalue weighted by atomic mass is 16.5. The summed E-state index contributed by atoms with van der Waals surface area (Å²) >= 11 is 0. The quantitative estimate of drug-likeness (QED) is 0.468. The molecule has 6 heteroatoms. The highest BCUT2D eigenvalue weighted by Crippen LogP contribution is 2.22. The summed E-state index contributed by atoms with van der Waals surface area (Å²) in [4.78, 5) is 41.1. The lowest BCUT2D eigenvalue weighted by Gasteiger charge is -2.16. The van der Waals surface area contributed by atoms with Crippen LogP contribution in [-0.4, -0.2) is 15.3 Å². The van der Waals surface area contributed by atoms with E-state index in [1.54, 1.807) is 19.1 Å². The molecule has 0 aliphatic carbocycles. The Kier molecular flexibility index (Phi) is 5.91. The second-order valence-corrected chi connectivity index (χ2v) is 7.19. The molecule has 1 aromatic heterocycles. The normalized spacial score (nSPS) is 11.0. The molecule has 156 valence electrons. The molecule has 3 aromatic carbocycles. The lowest BCUT2D eigenvalue weighted by atomic mass is 9.97. The van der Waals surface area contributed by atoms with Crippen LogP contribution in [0, 0.1) is 0 Å². The van der Waals surface area contributed by atoms with Gasteiger partial charge in [-0.2, -0.15) is 0 Å². The minimum absolute atomic E-state index is 0.0701. The molecule has 4 aromatic rings. The fourth-order valence-electron chi connectivity index (χ4n) is 3.70. The maximum absolute atomic E-state index is 13.6. The van der Waals surface area contributed by atoms with Gasteiger partial charge < -0.3 is 4.74 Å². The summed E-state index contributed by atoms with van der Waals surface area (Å²) in [6.07, 6.45) is 0.306. The molecule has 1 N–H and O–H groups in total. The zero-order chi connectivity index (χ0) is 21.8. The average molecular weight is 414 g/mol. The van der Waals surface area contributed by atoms with Crippen LogP contribution in [0.3, 0.4) is 0 Å². The second-order valence-electron chi connectivity index (χ2n) is 7.19. The standard InChI is InChI=1S/C25H22N2O4/c1-2-19-22(23(28)21-14-8-12-18-11-6-7-13-20(18)21)27(25(30)26-24(19)29)16-31-15-17-9-4-3-5-10-17/h3-14H,2,15-16H2,1H3,(H,26,29,30). The van der Waals surface area contributed by atoms with Gasteiger partial charge in [-0.05, 0) is 22.8 Å². The molecular formula is C25H22N2O4. The van der Waals surface area contributed by atoms with Gasteiger partial charge in [0.05, 0.1) is 6.61 Å². The molecule has 0 amide bonds. The fraction of sp³-hybridized carbons (Fsp3) is 0.160. The van der Waals surface area contributed by atoms with Gasteiger partial charge in [-0.3, -0.25) is 19.1 Å². The first-order valence-electron chi connectivity index (χ1n) is 10.1. The molecule has 0 bridgehead atoms. The van der Waals surface area contributed by atoms with Crippen molar-refractivity contribution in [3.63, 3.8) is 0 Å². The second kappa shape index (κ2) is 8.93. The van der Waals surface area contributed by atoms with Crippen molar-refractivity contribution in [1.82, 2.24) is 9.55 Å². The van der Waals surface area contributed by atoms with Crippen molar-refractivity contribution in [3.05, 3.63) is 116 Å². The number of carbonyl (C=O) groups excluding carboxylic acids is 1. The summed E-state index contributed by atoms with van der Waals surface area (Å²) in [5, 5.41) is 1.67. The molecule has 0 spiro atoms. The number of hydrogen-bond acceptors (Lipinski definition) is 4. The van der Waals surface area contributed by atoms with Crippen molar-refractivity contribution in [3.8, 4) is 0 Å². The van der Waals surface area contributed by atoms with E-state index in [4.69, 9.17) is 4.74 Å². The van der Waals surface area contributed by atoms with E-state index in [2.05, 4.69) is 4.98 Å². The van der Waals surface area contributed by atoms with Crippen LogP contribution in [0.15, 0.2) is 82.4 Å². The first-order chi connectivity index (χ1) is 15.1. The van der Waals surface area contributed by atoms with E-state index in [1.807, 2.05) is 60.7 Å². The maximum Gasteiger partial charge on any atom is 0.330 e. The van der Waals surface area contributed by atoms with Crippen molar-refractivity contribution in [2.75, 3.05) is 0 Å². The fourth-order valence-corrected chi connectivity index (χ4v) is 3.70. The summed E-state index contributed by atoms with van der Waals surface area (Å²) < 4.78 is 6.94. The third-order valence-electron chi connectivity index (χ3n) is 5.23. The van der Waals surface area contributed by atoms with Crippen LogP contribution in [0.5, 0.6) is 0 Å². The number of ketones is 1. The van der Waals surface area contributed by atoms with Gasteiger partial charge in [-0.15, -0.1) is 0 Å². The van der Waals surface area contributed by atoms with Crippen molar-refractivity contribution in [1.29, 1.82) is 0 Å². The van der Waals surface area contributed by atoms with Crippen LogP contribution in [0.2, 0.25) is 0 Å². The van der Waals surface area contributed by atoms with E-state index in [9.17, 15) is 14.4 Å². The number of nitrogens with one attached hydrogen (secondary N) is 1. The monoisotopic (exact) mass is 414 g/mol. The highest BCUT2D eigenvalue weighted by Gasteiger charge is 2.23. The number of carbonyl (C=O) groups is 1. The lowest BCUT2D eigenvalue weighted by Crippen LogP contribution is -2.37. The molecule has 0 aliphatic rings. The summed E-state index contributed by atoms with van der Waals surface area (Å²) in [5.74, 6) is -0.375. The van der Waals surface area contributed by atoms with Gasteiger partial charge in [-0.25, -0.2) is 4.79 Å². The molecule has 0 saturated heterocycles. The van der Waals surface area contributed by atoms with Gasteiger partial charge in [0.15, 0.2) is 0 Å². The SMILES string of the molecule is CCc1c(C(=O)c2cccc3ccccc23)n(COCc2ccccc2)c(=O)[nH]c1=O. The van der Waals surface area contributed by atoms with Crippen LogP contribution in [0.25, 0.3) is 10.8 Å². The average Bonchev–Trinajstić information content (AvgIpc) is 2.80. The van der Waals surface area contributed by atoms with Gasteiger partial charge in [-0.1, -0.05) is 79.7 Å². The molecule has 31 heavy (non-hydrogen) atoms. The molecule has 6 nitrogen and oxygen atoms in total. The van der Waals surface area contributed by atoms with Crippen LogP contribution in [0.1, 0.15) is 34.1 Å². The van der Waals surface area contributed by atoms with Gasteiger partial charge in [0, 0.05) is 11.1 Å². The minimum atomic E-state index is -0.668. The lowest BCUT2D eigenvalue weighted by molar-refractivity contribution is 0.0578. The minimum Gasteiger partial charge on any atom is -0.356 e. The van der Waals surface area contributed by atoms with Crippen molar-refractivity contribution in [2.24, 2.45) is 0 Å². The van der Waals surface area contributed by atoms with Crippen molar-refractivity contribution >= 4 is 16.6 Å². The largest absolute Gasteiger partial charge is 0.356 e. The van der Waals surface area contributed by atoms with Gasteiger partial charge in [0.1, 0.15) is 12.4 Å². The van der Waals surface area contributed by atoms with E-state index in [0.29, 0.717) is 12.0 Å². The predicted octanol–water partition coefficient (Wildman–Crippen LogP) is 3.66. The number of aromatic nitrogens is 2.